The topological polar surface area (TPSA) is 9.23 Å². The minimum atomic E-state index is -4.96. The van der Waals surface area contributed by atoms with Crippen LogP contribution in [0.5, 0.6) is 5.75 Å². The lowest BCUT2D eigenvalue weighted by Gasteiger charge is -2.11. The first-order valence-corrected chi connectivity index (χ1v) is 3.96. The Morgan fingerprint density at radius 3 is 2.21 bits per heavy atom. The van der Waals surface area contributed by atoms with E-state index in [1.165, 1.54) is 0 Å². The van der Waals surface area contributed by atoms with E-state index in [0.717, 1.165) is 12.1 Å². The van der Waals surface area contributed by atoms with Gasteiger partial charge in [0.05, 0.1) is 5.02 Å². The lowest BCUT2D eigenvalue weighted by Crippen LogP contribution is -2.17. The lowest BCUT2D eigenvalue weighted by atomic mass is 10.3. The number of rotatable bonds is 1. The first-order chi connectivity index (χ1) is 6.31. The Hall–Kier alpha value is -0.680. The van der Waals surface area contributed by atoms with Crippen molar-refractivity contribution in [2.24, 2.45) is 0 Å². The molecular formula is C7H2Cl2F4O. The third-order valence-electron chi connectivity index (χ3n) is 1.22. The van der Waals surface area contributed by atoms with Crippen molar-refractivity contribution in [3.63, 3.8) is 0 Å². The molecule has 0 aliphatic rings. The average Bonchev–Trinajstić information content (AvgIpc) is 2.04. The van der Waals surface area contributed by atoms with E-state index in [2.05, 4.69) is 4.74 Å². The van der Waals surface area contributed by atoms with Crippen molar-refractivity contribution in [1.82, 2.24) is 0 Å². The van der Waals surface area contributed by atoms with E-state index in [4.69, 9.17) is 23.2 Å². The van der Waals surface area contributed by atoms with Crippen molar-refractivity contribution in [2.75, 3.05) is 0 Å². The summed E-state index contributed by atoms with van der Waals surface area (Å²) in [5.41, 5.74) is 0. The molecule has 0 saturated carbocycles. The molecule has 0 aliphatic heterocycles. The average molecular weight is 249 g/mol. The molecule has 0 unspecified atom stereocenters. The van der Waals surface area contributed by atoms with Crippen molar-refractivity contribution in [3.8, 4) is 5.75 Å². The van der Waals surface area contributed by atoms with Crippen LogP contribution in [0, 0.1) is 5.82 Å². The highest BCUT2D eigenvalue weighted by Crippen LogP contribution is 2.37. The zero-order valence-electron chi connectivity index (χ0n) is 6.33. The van der Waals surface area contributed by atoms with Gasteiger partial charge in [0, 0.05) is 0 Å². The fourth-order valence-corrected chi connectivity index (χ4v) is 1.17. The van der Waals surface area contributed by atoms with Gasteiger partial charge in [-0.1, -0.05) is 23.2 Å². The van der Waals surface area contributed by atoms with Gasteiger partial charge in [-0.05, 0) is 12.1 Å². The van der Waals surface area contributed by atoms with Crippen molar-refractivity contribution < 1.29 is 22.3 Å². The van der Waals surface area contributed by atoms with Crippen LogP contribution in [0.4, 0.5) is 17.6 Å². The Labute approximate surface area is 86.2 Å². The van der Waals surface area contributed by atoms with Crippen LogP contribution in [0.3, 0.4) is 0 Å². The third kappa shape index (κ3) is 2.65. The third-order valence-corrected chi connectivity index (χ3v) is 1.87. The van der Waals surface area contributed by atoms with Gasteiger partial charge in [0.15, 0.2) is 5.75 Å². The molecule has 0 bridgehead atoms. The van der Waals surface area contributed by atoms with Crippen LogP contribution < -0.4 is 4.74 Å². The number of ether oxygens (including phenoxy) is 1. The van der Waals surface area contributed by atoms with Gasteiger partial charge < -0.3 is 4.74 Å². The predicted octanol–water partition coefficient (Wildman–Crippen LogP) is 4.03. The highest BCUT2D eigenvalue weighted by Gasteiger charge is 2.33. The van der Waals surface area contributed by atoms with Gasteiger partial charge in [-0.15, -0.1) is 13.2 Å². The summed E-state index contributed by atoms with van der Waals surface area (Å²) < 4.78 is 51.4. The molecule has 1 nitrogen and oxygen atoms in total. The zero-order chi connectivity index (χ0) is 10.9. The van der Waals surface area contributed by atoms with Gasteiger partial charge in [-0.3, -0.25) is 0 Å². The standard InChI is InChI=1S/C7H2Cl2F4O/c8-3-1-2-4(10)5(9)6(3)14-7(11,12)13/h1-2H. The Kier molecular flexibility index (Phi) is 3.11. The molecule has 0 aromatic heterocycles. The zero-order valence-corrected chi connectivity index (χ0v) is 7.84. The van der Waals surface area contributed by atoms with Crippen LogP contribution in [0.25, 0.3) is 0 Å². The molecule has 0 amide bonds. The summed E-state index contributed by atoms with van der Waals surface area (Å²) in [4.78, 5) is 0. The molecule has 0 heterocycles. The molecular weight excluding hydrogens is 247 g/mol. The number of benzene rings is 1. The van der Waals surface area contributed by atoms with Crippen molar-refractivity contribution in [2.45, 2.75) is 6.36 Å². The largest absolute Gasteiger partial charge is 0.573 e. The van der Waals surface area contributed by atoms with Crippen LogP contribution in [-0.4, -0.2) is 6.36 Å². The molecule has 0 fully saturated rings. The molecule has 14 heavy (non-hydrogen) atoms. The van der Waals surface area contributed by atoms with E-state index in [1.54, 1.807) is 0 Å². The Morgan fingerprint density at radius 2 is 1.71 bits per heavy atom. The number of halogens is 6. The molecule has 0 N–H and O–H groups in total. The summed E-state index contributed by atoms with van der Waals surface area (Å²) >= 11 is 10.6. The van der Waals surface area contributed by atoms with Crippen molar-refractivity contribution in [3.05, 3.63) is 28.0 Å². The van der Waals surface area contributed by atoms with Gasteiger partial charge in [-0.25, -0.2) is 4.39 Å². The summed E-state index contributed by atoms with van der Waals surface area (Å²) in [5, 5.41) is -1.21. The van der Waals surface area contributed by atoms with E-state index in [0.29, 0.717) is 0 Å². The molecule has 7 heteroatoms. The smallest absolute Gasteiger partial charge is 0.402 e. The Bertz CT molecular complexity index is 350. The Morgan fingerprint density at radius 1 is 1.14 bits per heavy atom. The van der Waals surface area contributed by atoms with E-state index in [9.17, 15) is 17.6 Å². The molecule has 78 valence electrons. The van der Waals surface area contributed by atoms with Crippen molar-refractivity contribution >= 4 is 23.2 Å². The van der Waals surface area contributed by atoms with Crippen LogP contribution in [0.2, 0.25) is 10.0 Å². The highest BCUT2D eigenvalue weighted by molar-refractivity contribution is 6.37. The molecule has 0 radical (unpaired) electrons. The Balaban J connectivity index is 3.13. The maximum atomic E-state index is 12.7. The van der Waals surface area contributed by atoms with Gasteiger partial charge in [-0.2, -0.15) is 0 Å². The molecule has 0 saturated heterocycles. The molecule has 0 atom stereocenters. The molecule has 0 aliphatic carbocycles. The highest BCUT2D eigenvalue weighted by atomic mass is 35.5. The van der Waals surface area contributed by atoms with Crippen LogP contribution >= 0.6 is 23.2 Å². The van der Waals surface area contributed by atoms with Gasteiger partial charge >= 0.3 is 6.36 Å². The minimum Gasteiger partial charge on any atom is -0.402 e. The van der Waals surface area contributed by atoms with Gasteiger partial charge in [0.1, 0.15) is 10.8 Å². The van der Waals surface area contributed by atoms with E-state index >= 15 is 0 Å². The van der Waals surface area contributed by atoms with E-state index < -0.39 is 28.0 Å². The summed E-state index contributed by atoms with van der Waals surface area (Å²) in [6.07, 6.45) is -4.96. The van der Waals surface area contributed by atoms with Gasteiger partial charge in [0.2, 0.25) is 0 Å². The number of hydrogen-bond donors (Lipinski definition) is 0. The summed E-state index contributed by atoms with van der Waals surface area (Å²) in [5.74, 6) is -1.96. The molecule has 1 aromatic rings. The fourth-order valence-electron chi connectivity index (χ4n) is 0.718. The number of hydrogen-bond acceptors (Lipinski definition) is 1. The quantitative estimate of drug-likeness (QED) is 0.539. The fraction of sp³-hybridized carbons (Fsp3) is 0.143. The second-order valence-electron chi connectivity index (χ2n) is 2.22. The second-order valence-corrected chi connectivity index (χ2v) is 3.01. The monoisotopic (exact) mass is 248 g/mol. The maximum absolute atomic E-state index is 12.7. The minimum absolute atomic E-state index is 0.409. The SMILES string of the molecule is Fc1ccc(Cl)c(OC(F)(F)F)c1Cl. The number of alkyl halides is 3. The molecule has 1 aromatic carbocycles. The van der Waals surface area contributed by atoms with Crippen LogP contribution in [0.1, 0.15) is 0 Å². The van der Waals surface area contributed by atoms with E-state index in [1.807, 2.05) is 0 Å². The van der Waals surface area contributed by atoms with Crippen molar-refractivity contribution in [1.29, 1.82) is 0 Å². The summed E-state index contributed by atoms with van der Waals surface area (Å²) in [7, 11) is 0. The first kappa shape index (κ1) is 11.4. The summed E-state index contributed by atoms with van der Waals surface area (Å²) in [6.45, 7) is 0. The van der Waals surface area contributed by atoms with Crippen LogP contribution in [-0.2, 0) is 0 Å². The second kappa shape index (κ2) is 3.82. The lowest BCUT2D eigenvalue weighted by molar-refractivity contribution is -0.274. The van der Waals surface area contributed by atoms with E-state index in [-0.39, 0.29) is 0 Å². The maximum Gasteiger partial charge on any atom is 0.573 e. The van der Waals surface area contributed by atoms with Gasteiger partial charge in [0.25, 0.3) is 0 Å². The molecule has 1 rings (SSSR count). The molecule has 0 spiro atoms. The summed E-state index contributed by atoms with van der Waals surface area (Å²) in [6, 6.07) is 1.76. The van der Waals surface area contributed by atoms with Crippen LogP contribution in [0.15, 0.2) is 12.1 Å². The predicted molar refractivity (Wildman–Crippen MR) is 43.1 cm³/mol. The normalized spacial score (nSPS) is 11.6. The first-order valence-electron chi connectivity index (χ1n) is 3.20.